The fourth-order valence-corrected chi connectivity index (χ4v) is 2.51. The predicted octanol–water partition coefficient (Wildman–Crippen LogP) is -1.60. The van der Waals surface area contributed by atoms with Gasteiger partial charge in [-0.05, 0) is 0 Å². The Labute approximate surface area is 119 Å². The first kappa shape index (κ1) is 14.9. The van der Waals surface area contributed by atoms with E-state index in [4.69, 9.17) is 5.11 Å². The zero-order valence-electron chi connectivity index (χ0n) is 10.3. The molecule has 110 valence electrons. The molecule has 0 aliphatic carbocycles. The van der Waals surface area contributed by atoms with Gasteiger partial charge < -0.3 is 30.6 Å². The zero-order chi connectivity index (χ0) is 13.6. The van der Waals surface area contributed by atoms with Crippen molar-refractivity contribution >= 4 is 23.4 Å². The third-order valence-electron chi connectivity index (χ3n) is 3.53. The van der Waals surface area contributed by atoms with Crippen molar-refractivity contribution in [1.82, 2.24) is 20.3 Å². The quantitative estimate of drug-likeness (QED) is 0.396. The van der Waals surface area contributed by atoms with Crippen molar-refractivity contribution in [3.8, 4) is 0 Å². The maximum atomic E-state index is 11.6. The summed E-state index contributed by atoms with van der Waals surface area (Å²) < 4.78 is 0. The number of rotatable bonds is 2. The first-order chi connectivity index (χ1) is 9.13. The summed E-state index contributed by atoms with van der Waals surface area (Å²) in [6.07, 6.45) is 0.711. The Morgan fingerprint density at radius 3 is 2.65 bits per heavy atom. The number of hydrogen-bond donors (Lipinski definition) is 6. The molecule has 8 nitrogen and oxygen atoms in total. The van der Waals surface area contributed by atoms with Crippen LogP contribution in [0.15, 0.2) is 17.3 Å². The van der Waals surface area contributed by atoms with Crippen LogP contribution in [0.1, 0.15) is 11.6 Å². The summed E-state index contributed by atoms with van der Waals surface area (Å²) in [4.78, 5) is 20.9. The van der Waals surface area contributed by atoms with Gasteiger partial charge in [0.2, 0.25) is 0 Å². The van der Waals surface area contributed by atoms with Gasteiger partial charge in [0.25, 0.3) is 5.56 Å². The topological polar surface area (TPSA) is 134 Å². The molecule has 1 aliphatic heterocycles. The molecule has 2 aromatic heterocycles. The second kappa shape index (κ2) is 5.51. The van der Waals surface area contributed by atoms with Gasteiger partial charge in [-0.1, -0.05) is 0 Å². The van der Waals surface area contributed by atoms with E-state index in [0.29, 0.717) is 16.6 Å². The lowest BCUT2D eigenvalue weighted by atomic mass is 10.0. The SMILES string of the molecule is Cl.O=c1[nH]cnc2c(C3NC(CO)C(O)C3O)c[nH]c12. The first-order valence-electron chi connectivity index (χ1n) is 5.91. The summed E-state index contributed by atoms with van der Waals surface area (Å²) in [6, 6.07) is -1.19. The van der Waals surface area contributed by atoms with E-state index in [0.717, 1.165) is 0 Å². The molecule has 0 aromatic carbocycles. The van der Waals surface area contributed by atoms with Crippen molar-refractivity contribution in [3.63, 3.8) is 0 Å². The smallest absolute Gasteiger partial charge is 0.275 e. The van der Waals surface area contributed by atoms with Crippen LogP contribution in [-0.4, -0.2) is 55.1 Å². The van der Waals surface area contributed by atoms with Gasteiger partial charge >= 0.3 is 0 Å². The number of nitrogens with one attached hydrogen (secondary N) is 3. The third-order valence-corrected chi connectivity index (χ3v) is 3.53. The molecule has 0 saturated carbocycles. The van der Waals surface area contributed by atoms with Crippen molar-refractivity contribution in [1.29, 1.82) is 0 Å². The molecule has 6 N–H and O–H groups in total. The largest absolute Gasteiger partial charge is 0.395 e. The van der Waals surface area contributed by atoms with Gasteiger partial charge in [0.15, 0.2) is 0 Å². The summed E-state index contributed by atoms with van der Waals surface area (Å²) in [5, 5.41) is 31.8. The molecule has 1 saturated heterocycles. The summed E-state index contributed by atoms with van der Waals surface area (Å²) in [7, 11) is 0. The van der Waals surface area contributed by atoms with E-state index in [1.165, 1.54) is 6.33 Å². The lowest BCUT2D eigenvalue weighted by Gasteiger charge is -2.14. The van der Waals surface area contributed by atoms with Gasteiger partial charge in [0.05, 0.1) is 31.1 Å². The minimum atomic E-state index is -1.07. The number of nitrogens with zero attached hydrogens (tertiary/aromatic N) is 1. The molecule has 3 rings (SSSR count). The van der Waals surface area contributed by atoms with Gasteiger partial charge in [0, 0.05) is 11.8 Å². The lowest BCUT2D eigenvalue weighted by Crippen LogP contribution is -2.35. The molecule has 4 unspecified atom stereocenters. The molecule has 4 atom stereocenters. The third kappa shape index (κ3) is 2.11. The molecular weight excluding hydrogens is 288 g/mol. The van der Waals surface area contributed by atoms with Crippen LogP contribution in [0.2, 0.25) is 0 Å². The highest BCUT2D eigenvalue weighted by Gasteiger charge is 2.42. The number of aliphatic hydroxyl groups excluding tert-OH is 3. The lowest BCUT2D eigenvalue weighted by molar-refractivity contribution is 0.0196. The summed E-state index contributed by atoms with van der Waals surface area (Å²) >= 11 is 0. The summed E-state index contributed by atoms with van der Waals surface area (Å²) in [5.41, 5.74) is 1.03. The average molecular weight is 303 g/mol. The average Bonchev–Trinajstić information content (AvgIpc) is 2.94. The number of fused-ring (bicyclic) bond motifs is 1. The van der Waals surface area contributed by atoms with Gasteiger partial charge in [-0.15, -0.1) is 12.4 Å². The molecule has 3 heterocycles. The second-order valence-corrected chi connectivity index (χ2v) is 4.61. The second-order valence-electron chi connectivity index (χ2n) is 4.61. The molecular formula is C11H15ClN4O4. The Bertz CT molecular complexity index is 657. The summed E-state index contributed by atoms with van der Waals surface area (Å²) in [5.74, 6) is 0. The van der Waals surface area contributed by atoms with Crippen LogP contribution >= 0.6 is 12.4 Å². The number of halogens is 1. The highest BCUT2D eigenvalue weighted by atomic mass is 35.5. The van der Waals surface area contributed by atoms with E-state index in [-0.39, 0.29) is 24.6 Å². The Kier molecular flexibility index (Phi) is 4.11. The van der Waals surface area contributed by atoms with E-state index >= 15 is 0 Å². The Hall–Kier alpha value is -1.45. The van der Waals surface area contributed by atoms with Crippen LogP contribution in [0, 0.1) is 0 Å². The van der Waals surface area contributed by atoms with Crippen LogP contribution in [-0.2, 0) is 0 Å². The molecule has 0 amide bonds. The first-order valence-corrected chi connectivity index (χ1v) is 5.91. The zero-order valence-corrected chi connectivity index (χ0v) is 11.1. The maximum absolute atomic E-state index is 11.6. The standard InChI is InChI=1S/C11H14N4O4.ClH/c16-2-5-9(17)10(18)7(15-5)4-1-12-8-6(4)13-3-14-11(8)19;/h1,3,5,7,9-10,12,15-18H,2H2,(H,13,14,19);1H. The molecule has 2 aromatic rings. The van der Waals surface area contributed by atoms with Gasteiger partial charge in [0.1, 0.15) is 17.1 Å². The summed E-state index contributed by atoms with van der Waals surface area (Å²) in [6.45, 7) is -0.287. The van der Waals surface area contributed by atoms with Crippen LogP contribution in [0.25, 0.3) is 11.0 Å². The van der Waals surface area contributed by atoms with Crippen molar-refractivity contribution < 1.29 is 15.3 Å². The number of aliphatic hydroxyl groups is 3. The molecule has 1 fully saturated rings. The van der Waals surface area contributed by atoms with Crippen LogP contribution in [0.4, 0.5) is 0 Å². The predicted molar refractivity (Wildman–Crippen MR) is 72.7 cm³/mol. The van der Waals surface area contributed by atoms with Crippen molar-refractivity contribution in [2.45, 2.75) is 24.3 Å². The Morgan fingerprint density at radius 1 is 1.25 bits per heavy atom. The minimum absolute atomic E-state index is 0. The van der Waals surface area contributed by atoms with Gasteiger partial charge in [-0.3, -0.25) is 4.79 Å². The molecule has 0 radical (unpaired) electrons. The normalized spacial score (nSPS) is 29.6. The van der Waals surface area contributed by atoms with Crippen molar-refractivity contribution in [3.05, 3.63) is 28.4 Å². The van der Waals surface area contributed by atoms with Crippen LogP contribution in [0.5, 0.6) is 0 Å². The number of aromatic amines is 2. The van der Waals surface area contributed by atoms with E-state index in [2.05, 4.69) is 20.3 Å². The number of aromatic nitrogens is 3. The molecule has 0 spiro atoms. The Morgan fingerprint density at radius 2 is 2.00 bits per heavy atom. The molecule has 1 aliphatic rings. The minimum Gasteiger partial charge on any atom is -0.395 e. The van der Waals surface area contributed by atoms with E-state index in [1.807, 2.05) is 0 Å². The van der Waals surface area contributed by atoms with E-state index in [1.54, 1.807) is 6.20 Å². The Balaban J connectivity index is 0.00000147. The molecule has 20 heavy (non-hydrogen) atoms. The highest BCUT2D eigenvalue weighted by molar-refractivity contribution is 5.85. The maximum Gasteiger partial charge on any atom is 0.275 e. The highest BCUT2D eigenvalue weighted by Crippen LogP contribution is 2.30. The fraction of sp³-hybridized carbons (Fsp3) is 0.455. The van der Waals surface area contributed by atoms with E-state index in [9.17, 15) is 15.0 Å². The number of H-pyrrole nitrogens is 2. The molecule has 0 bridgehead atoms. The van der Waals surface area contributed by atoms with E-state index < -0.39 is 24.3 Å². The van der Waals surface area contributed by atoms with Crippen LogP contribution < -0.4 is 10.9 Å². The van der Waals surface area contributed by atoms with Crippen molar-refractivity contribution in [2.75, 3.05) is 6.61 Å². The van der Waals surface area contributed by atoms with Gasteiger partial charge in [-0.25, -0.2) is 4.98 Å². The van der Waals surface area contributed by atoms with Gasteiger partial charge in [-0.2, -0.15) is 0 Å². The molecule has 9 heteroatoms. The van der Waals surface area contributed by atoms with Crippen LogP contribution in [0.3, 0.4) is 0 Å². The van der Waals surface area contributed by atoms with Crippen molar-refractivity contribution in [2.24, 2.45) is 0 Å². The fourth-order valence-electron chi connectivity index (χ4n) is 2.51. The number of hydrogen-bond acceptors (Lipinski definition) is 6. The monoisotopic (exact) mass is 302 g/mol.